The molecule has 6 nitrogen and oxygen atoms in total. The van der Waals surface area contributed by atoms with Gasteiger partial charge in [0.25, 0.3) is 5.78 Å². The molecule has 0 aromatic heterocycles. The molecule has 2 aliphatic rings. The molecule has 0 atom stereocenters. The standard InChI is InChI=1S/C11H12O6/c1-15-10(13)7-8(12)11(14)17-9(7)6-2-4-16-5-3-6/h6H,2-5H2,1H3. The number of esters is 2. The molecule has 0 spiro atoms. The molecule has 0 amide bonds. The van der Waals surface area contributed by atoms with Crippen molar-refractivity contribution in [3.05, 3.63) is 11.3 Å². The van der Waals surface area contributed by atoms with Gasteiger partial charge in [0.15, 0.2) is 5.57 Å². The topological polar surface area (TPSA) is 78.9 Å². The van der Waals surface area contributed by atoms with Crippen molar-refractivity contribution in [1.29, 1.82) is 0 Å². The number of Topliss-reactive ketones (excluding diaryl/α,β-unsaturated/α-hetero) is 1. The lowest BCUT2D eigenvalue weighted by atomic mass is 9.94. The quantitative estimate of drug-likeness (QED) is 0.383. The molecule has 92 valence electrons. The largest absolute Gasteiger partial charge is 0.465 e. The van der Waals surface area contributed by atoms with Gasteiger partial charge < -0.3 is 14.2 Å². The summed E-state index contributed by atoms with van der Waals surface area (Å²) in [7, 11) is 1.16. The summed E-state index contributed by atoms with van der Waals surface area (Å²) in [6.07, 6.45) is 1.24. The summed E-state index contributed by atoms with van der Waals surface area (Å²) < 4.78 is 14.5. The molecule has 17 heavy (non-hydrogen) atoms. The Kier molecular flexibility index (Phi) is 3.23. The summed E-state index contributed by atoms with van der Waals surface area (Å²) >= 11 is 0. The third-order valence-electron chi connectivity index (χ3n) is 2.84. The fourth-order valence-electron chi connectivity index (χ4n) is 1.95. The van der Waals surface area contributed by atoms with Crippen molar-refractivity contribution in [2.24, 2.45) is 5.92 Å². The van der Waals surface area contributed by atoms with Crippen molar-refractivity contribution < 1.29 is 28.6 Å². The van der Waals surface area contributed by atoms with Gasteiger partial charge in [0.05, 0.1) is 7.11 Å². The van der Waals surface area contributed by atoms with Gasteiger partial charge in [0.1, 0.15) is 5.76 Å². The van der Waals surface area contributed by atoms with Crippen LogP contribution in [0.3, 0.4) is 0 Å². The van der Waals surface area contributed by atoms with Crippen LogP contribution < -0.4 is 0 Å². The number of carbonyl (C=O) groups excluding carboxylic acids is 3. The smallest absolute Gasteiger partial charge is 0.385 e. The average Bonchev–Trinajstić information content (AvgIpc) is 2.66. The Hall–Kier alpha value is -1.69. The van der Waals surface area contributed by atoms with Crippen LogP contribution in [0.15, 0.2) is 11.3 Å². The molecule has 0 unspecified atom stereocenters. The highest BCUT2D eigenvalue weighted by Gasteiger charge is 2.42. The van der Waals surface area contributed by atoms with Gasteiger partial charge in [-0.15, -0.1) is 0 Å². The zero-order valence-corrected chi connectivity index (χ0v) is 9.36. The Bertz CT molecular complexity index is 402. The maximum absolute atomic E-state index is 11.5. The molecule has 2 heterocycles. The van der Waals surface area contributed by atoms with Gasteiger partial charge in [-0.2, -0.15) is 0 Å². The predicted octanol–water partition coefficient (Wildman–Crippen LogP) is -0.0340. The van der Waals surface area contributed by atoms with E-state index >= 15 is 0 Å². The van der Waals surface area contributed by atoms with E-state index in [-0.39, 0.29) is 17.3 Å². The van der Waals surface area contributed by atoms with Crippen molar-refractivity contribution >= 4 is 17.7 Å². The molecule has 6 heteroatoms. The SMILES string of the molecule is COC(=O)C1=C(C2CCOCC2)OC(=O)C1=O. The Labute approximate surface area is 97.5 Å². The van der Waals surface area contributed by atoms with Crippen LogP contribution in [0.25, 0.3) is 0 Å². The molecule has 2 rings (SSSR count). The molecule has 0 saturated carbocycles. The van der Waals surface area contributed by atoms with Gasteiger partial charge in [0, 0.05) is 19.1 Å². The Morgan fingerprint density at radius 1 is 1.29 bits per heavy atom. The number of hydrogen-bond acceptors (Lipinski definition) is 6. The second-order valence-corrected chi connectivity index (χ2v) is 3.84. The minimum atomic E-state index is -1.01. The van der Waals surface area contributed by atoms with Gasteiger partial charge in [-0.05, 0) is 12.8 Å². The normalized spacial score (nSPS) is 21.7. The van der Waals surface area contributed by atoms with E-state index in [1.165, 1.54) is 0 Å². The van der Waals surface area contributed by atoms with E-state index in [1.54, 1.807) is 0 Å². The highest BCUT2D eigenvalue weighted by Crippen LogP contribution is 2.31. The van der Waals surface area contributed by atoms with Crippen LogP contribution in [-0.2, 0) is 28.6 Å². The third-order valence-corrected chi connectivity index (χ3v) is 2.84. The number of methoxy groups -OCH3 is 1. The van der Waals surface area contributed by atoms with Gasteiger partial charge in [0.2, 0.25) is 0 Å². The fraction of sp³-hybridized carbons (Fsp3) is 0.545. The number of carbonyl (C=O) groups is 3. The number of cyclic esters (lactones) is 1. The van der Waals surface area contributed by atoms with Gasteiger partial charge >= 0.3 is 11.9 Å². The van der Waals surface area contributed by atoms with Gasteiger partial charge in [-0.3, -0.25) is 4.79 Å². The lowest BCUT2D eigenvalue weighted by molar-refractivity contribution is -0.148. The van der Waals surface area contributed by atoms with Crippen molar-refractivity contribution in [2.75, 3.05) is 20.3 Å². The van der Waals surface area contributed by atoms with Crippen LogP contribution >= 0.6 is 0 Å². The molecule has 1 saturated heterocycles. The molecular formula is C11H12O6. The first kappa shape index (κ1) is 11.8. The second kappa shape index (κ2) is 4.67. The Balaban J connectivity index is 2.31. The minimum Gasteiger partial charge on any atom is -0.465 e. The minimum absolute atomic E-state index is 0.131. The van der Waals surface area contributed by atoms with Crippen molar-refractivity contribution in [1.82, 2.24) is 0 Å². The van der Waals surface area contributed by atoms with Crippen molar-refractivity contribution in [3.63, 3.8) is 0 Å². The van der Waals surface area contributed by atoms with Crippen LogP contribution in [0.4, 0.5) is 0 Å². The Morgan fingerprint density at radius 3 is 2.53 bits per heavy atom. The molecule has 0 aliphatic carbocycles. The molecule has 1 fully saturated rings. The zero-order valence-electron chi connectivity index (χ0n) is 9.36. The molecule has 0 aromatic carbocycles. The molecule has 2 aliphatic heterocycles. The highest BCUT2D eigenvalue weighted by molar-refractivity contribution is 6.48. The maximum Gasteiger partial charge on any atom is 0.385 e. The lowest BCUT2D eigenvalue weighted by Gasteiger charge is -2.22. The fourth-order valence-corrected chi connectivity index (χ4v) is 1.95. The first-order valence-electron chi connectivity index (χ1n) is 5.32. The van der Waals surface area contributed by atoms with E-state index in [4.69, 9.17) is 9.47 Å². The summed E-state index contributed by atoms with van der Waals surface area (Å²) in [5.74, 6) is -2.73. The van der Waals surface area contributed by atoms with Crippen LogP contribution in [0.2, 0.25) is 0 Å². The molecule has 0 bridgehead atoms. The van der Waals surface area contributed by atoms with Crippen molar-refractivity contribution in [2.45, 2.75) is 12.8 Å². The summed E-state index contributed by atoms with van der Waals surface area (Å²) in [6.45, 7) is 1.04. The number of rotatable bonds is 2. The van der Waals surface area contributed by atoms with E-state index < -0.39 is 17.7 Å². The third kappa shape index (κ3) is 2.08. The molecular weight excluding hydrogens is 228 g/mol. The van der Waals surface area contributed by atoms with E-state index in [1.807, 2.05) is 0 Å². The average molecular weight is 240 g/mol. The number of ketones is 1. The van der Waals surface area contributed by atoms with Gasteiger partial charge in [-0.1, -0.05) is 0 Å². The van der Waals surface area contributed by atoms with Crippen LogP contribution in [0, 0.1) is 5.92 Å². The number of ether oxygens (including phenoxy) is 3. The summed E-state index contributed by atoms with van der Waals surface area (Å²) in [5.41, 5.74) is -0.260. The summed E-state index contributed by atoms with van der Waals surface area (Å²) in [4.78, 5) is 34.2. The molecule has 0 radical (unpaired) electrons. The Morgan fingerprint density at radius 2 is 1.94 bits per heavy atom. The molecule has 0 aromatic rings. The summed E-state index contributed by atoms with van der Waals surface area (Å²) in [6, 6.07) is 0. The van der Waals surface area contributed by atoms with E-state index in [0.717, 1.165) is 7.11 Å². The zero-order chi connectivity index (χ0) is 12.4. The number of hydrogen-bond donors (Lipinski definition) is 0. The second-order valence-electron chi connectivity index (χ2n) is 3.84. The van der Waals surface area contributed by atoms with E-state index in [0.29, 0.717) is 26.1 Å². The van der Waals surface area contributed by atoms with Gasteiger partial charge in [-0.25, -0.2) is 9.59 Å². The predicted molar refractivity (Wildman–Crippen MR) is 53.7 cm³/mol. The van der Waals surface area contributed by atoms with Crippen LogP contribution in [-0.4, -0.2) is 38.0 Å². The first-order chi connectivity index (χ1) is 8.15. The lowest BCUT2D eigenvalue weighted by Crippen LogP contribution is -2.20. The van der Waals surface area contributed by atoms with Crippen LogP contribution in [0.5, 0.6) is 0 Å². The molecule has 0 N–H and O–H groups in total. The van der Waals surface area contributed by atoms with Crippen molar-refractivity contribution in [3.8, 4) is 0 Å². The first-order valence-corrected chi connectivity index (χ1v) is 5.32. The van der Waals surface area contributed by atoms with E-state index in [9.17, 15) is 14.4 Å². The highest BCUT2D eigenvalue weighted by atomic mass is 16.6. The monoisotopic (exact) mass is 240 g/mol. The van der Waals surface area contributed by atoms with Crippen LogP contribution in [0.1, 0.15) is 12.8 Å². The number of allylic oxidation sites excluding steroid dienone is 1. The summed E-state index contributed by atoms with van der Waals surface area (Å²) in [5, 5.41) is 0. The van der Waals surface area contributed by atoms with E-state index in [2.05, 4.69) is 4.74 Å². The maximum atomic E-state index is 11.5.